The van der Waals surface area contributed by atoms with Crippen LogP contribution in [-0.2, 0) is 4.79 Å². The van der Waals surface area contributed by atoms with Crippen LogP contribution in [0.1, 0.15) is 6.42 Å². The molecule has 1 saturated heterocycles. The molecule has 1 atom stereocenters. The van der Waals surface area contributed by atoms with Gasteiger partial charge >= 0.3 is 0 Å². The van der Waals surface area contributed by atoms with Gasteiger partial charge in [0.15, 0.2) is 11.5 Å². The summed E-state index contributed by atoms with van der Waals surface area (Å²) in [6.07, 6.45) is 6.18. The van der Waals surface area contributed by atoms with E-state index >= 15 is 0 Å². The van der Waals surface area contributed by atoms with Crippen molar-refractivity contribution < 1.29 is 18.7 Å². The number of benzene rings is 2. The van der Waals surface area contributed by atoms with Gasteiger partial charge in [-0.25, -0.2) is 14.4 Å². The van der Waals surface area contributed by atoms with Crippen LogP contribution in [0.3, 0.4) is 0 Å². The minimum atomic E-state index is -0.492. The first-order valence-electron chi connectivity index (χ1n) is 9.65. The molecule has 2 heterocycles. The molecule has 4 rings (SSSR count). The number of halogens is 2. The monoisotopic (exact) mass is 442 g/mol. The molecule has 9 heteroatoms. The third-order valence-electron chi connectivity index (χ3n) is 4.95. The highest BCUT2D eigenvalue weighted by Gasteiger charge is 2.23. The number of hydrogen-bond donors (Lipinski definition) is 1. The maximum absolute atomic E-state index is 13.5. The second kappa shape index (κ2) is 9.18. The number of fused-ring (bicyclic) bond motifs is 1. The van der Waals surface area contributed by atoms with E-state index in [9.17, 15) is 9.18 Å². The smallest absolute Gasteiger partial charge is 0.162 e. The molecular weight excluding hydrogens is 423 g/mol. The molecule has 1 N–H and O–H groups in total. The van der Waals surface area contributed by atoms with Crippen molar-refractivity contribution in [2.75, 3.05) is 25.5 Å². The molecule has 2 aromatic carbocycles. The SMILES string of the molecule is COc1cc2ncnc(Nc3ccc(F)c(Cl)c3)c2cc1O[C@@H]1CCN(C=CC=O)C1. The zero-order valence-electron chi connectivity index (χ0n) is 16.7. The summed E-state index contributed by atoms with van der Waals surface area (Å²) in [5.41, 5.74) is 1.26. The lowest BCUT2D eigenvalue weighted by Crippen LogP contribution is -2.21. The van der Waals surface area contributed by atoms with E-state index in [0.29, 0.717) is 35.1 Å². The number of aromatic nitrogens is 2. The molecule has 0 aliphatic carbocycles. The number of likely N-dealkylation sites (tertiary alicyclic amines) is 1. The predicted octanol–water partition coefficient (Wildman–Crippen LogP) is 4.34. The van der Waals surface area contributed by atoms with E-state index in [-0.39, 0.29) is 11.1 Å². The van der Waals surface area contributed by atoms with E-state index in [2.05, 4.69) is 15.3 Å². The summed E-state index contributed by atoms with van der Waals surface area (Å²) < 4.78 is 25.2. The summed E-state index contributed by atoms with van der Waals surface area (Å²) in [6.45, 7) is 1.46. The maximum Gasteiger partial charge on any atom is 0.162 e. The summed E-state index contributed by atoms with van der Waals surface area (Å²) in [4.78, 5) is 21.2. The minimum Gasteiger partial charge on any atom is -0.493 e. The summed E-state index contributed by atoms with van der Waals surface area (Å²) in [6, 6.07) is 7.97. The molecule has 0 bridgehead atoms. The largest absolute Gasteiger partial charge is 0.493 e. The number of aldehydes is 1. The van der Waals surface area contributed by atoms with Crippen LogP contribution >= 0.6 is 11.6 Å². The number of rotatable bonds is 7. The van der Waals surface area contributed by atoms with Crippen LogP contribution in [0.4, 0.5) is 15.9 Å². The van der Waals surface area contributed by atoms with Crippen molar-refractivity contribution in [2.45, 2.75) is 12.5 Å². The quantitative estimate of drug-likeness (QED) is 0.431. The van der Waals surface area contributed by atoms with Gasteiger partial charge < -0.3 is 19.7 Å². The van der Waals surface area contributed by atoms with Crippen molar-refractivity contribution in [3.8, 4) is 11.5 Å². The molecule has 0 spiro atoms. The van der Waals surface area contributed by atoms with Gasteiger partial charge in [-0.15, -0.1) is 0 Å². The van der Waals surface area contributed by atoms with Gasteiger partial charge in [-0.3, -0.25) is 4.79 Å². The summed E-state index contributed by atoms with van der Waals surface area (Å²) in [5.74, 6) is 1.16. The van der Waals surface area contributed by atoms with Crippen LogP contribution in [-0.4, -0.2) is 47.5 Å². The fourth-order valence-electron chi connectivity index (χ4n) is 3.45. The predicted molar refractivity (Wildman–Crippen MR) is 117 cm³/mol. The van der Waals surface area contributed by atoms with Gasteiger partial charge in [0.1, 0.15) is 30.4 Å². The number of nitrogens with zero attached hydrogens (tertiary/aromatic N) is 3. The Balaban J connectivity index is 1.63. The van der Waals surface area contributed by atoms with Crippen LogP contribution < -0.4 is 14.8 Å². The Kier molecular flexibility index (Phi) is 6.18. The van der Waals surface area contributed by atoms with Crippen molar-refractivity contribution in [1.29, 1.82) is 0 Å². The van der Waals surface area contributed by atoms with Crippen molar-refractivity contribution in [3.63, 3.8) is 0 Å². The van der Waals surface area contributed by atoms with Gasteiger partial charge in [0, 0.05) is 36.3 Å². The zero-order valence-corrected chi connectivity index (χ0v) is 17.5. The normalized spacial score (nSPS) is 16.1. The lowest BCUT2D eigenvalue weighted by atomic mass is 10.2. The molecule has 0 saturated carbocycles. The first-order valence-corrected chi connectivity index (χ1v) is 10.0. The average Bonchev–Trinajstić information content (AvgIpc) is 3.22. The molecule has 1 aliphatic heterocycles. The first kappa shape index (κ1) is 20.9. The molecule has 1 aliphatic rings. The second-order valence-corrected chi connectivity index (χ2v) is 7.40. The molecule has 0 radical (unpaired) electrons. The lowest BCUT2D eigenvalue weighted by Gasteiger charge is -2.18. The zero-order chi connectivity index (χ0) is 21.8. The van der Waals surface area contributed by atoms with E-state index in [1.807, 2.05) is 11.0 Å². The highest BCUT2D eigenvalue weighted by Crippen LogP contribution is 2.36. The van der Waals surface area contributed by atoms with Crippen molar-refractivity contribution in [1.82, 2.24) is 14.9 Å². The third kappa shape index (κ3) is 4.69. The standard InChI is InChI=1S/C22H20ClFN4O3/c1-30-20-11-19-16(10-21(20)31-15-5-7-28(12-15)6-2-8-29)22(26-13-25-19)27-14-3-4-18(24)17(23)9-14/h2-4,6,8-11,13,15H,5,7,12H2,1H3,(H,25,26,27)/t15-/m1/s1. The Morgan fingerprint density at radius 2 is 2.13 bits per heavy atom. The topological polar surface area (TPSA) is 76.6 Å². The lowest BCUT2D eigenvalue weighted by molar-refractivity contribution is -0.104. The second-order valence-electron chi connectivity index (χ2n) is 7.00. The number of carbonyl (C=O) groups is 1. The number of allylic oxidation sites excluding steroid dienone is 1. The van der Waals surface area contributed by atoms with E-state index in [1.165, 1.54) is 24.5 Å². The van der Waals surface area contributed by atoms with E-state index < -0.39 is 5.82 Å². The highest BCUT2D eigenvalue weighted by atomic mass is 35.5. The van der Waals surface area contributed by atoms with Gasteiger partial charge in [0.25, 0.3) is 0 Å². The van der Waals surface area contributed by atoms with Crippen molar-refractivity contribution in [2.24, 2.45) is 0 Å². The van der Waals surface area contributed by atoms with Gasteiger partial charge in [-0.1, -0.05) is 11.6 Å². The van der Waals surface area contributed by atoms with E-state index in [4.69, 9.17) is 21.1 Å². The third-order valence-corrected chi connectivity index (χ3v) is 5.24. The van der Waals surface area contributed by atoms with Crippen molar-refractivity contribution in [3.05, 3.63) is 59.8 Å². The molecule has 7 nitrogen and oxygen atoms in total. The fraction of sp³-hybridized carbons (Fsp3) is 0.227. The number of methoxy groups -OCH3 is 1. The highest BCUT2D eigenvalue weighted by molar-refractivity contribution is 6.31. The van der Waals surface area contributed by atoms with Crippen LogP contribution in [0.5, 0.6) is 11.5 Å². The van der Waals surface area contributed by atoms with E-state index in [1.54, 1.807) is 25.4 Å². The fourth-order valence-corrected chi connectivity index (χ4v) is 3.63. The molecule has 3 aromatic rings. The van der Waals surface area contributed by atoms with Crippen molar-refractivity contribution >= 4 is 40.3 Å². The number of nitrogens with one attached hydrogen (secondary N) is 1. The number of hydrogen-bond acceptors (Lipinski definition) is 7. The summed E-state index contributed by atoms with van der Waals surface area (Å²) in [5, 5.41) is 3.89. The van der Waals surface area contributed by atoms with Gasteiger partial charge in [-0.2, -0.15) is 0 Å². The maximum atomic E-state index is 13.5. The minimum absolute atomic E-state index is 0.0171. The molecule has 1 fully saturated rings. The molecule has 31 heavy (non-hydrogen) atoms. The Morgan fingerprint density at radius 1 is 1.26 bits per heavy atom. The van der Waals surface area contributed by atoms with Gasteiger partial charge in [0.2, 0.25) is 0 Å². The van der Waals surface area contributed by atoms with Crippen LogP contribution in [0.15, 0.2) is 48.9 Å². The van der Waals surface area contributed by atoms with Crippen LogP contribution in [0, 0.1) is 5.82 Å². The first-order chi connectivity index (χ1) is 15.1. The Labute approximate surface area is 183 Å². The Morgan fingerprint density at radius 3 is 2.90 bits per heavy atom. The Bertz CT molecular complexity index is 1140. The van der Waals surface area contributed by atoms with E-state index in [0.717, 1.165) is 24.6 Å². The number of carbonyl (C=O) groups excluding carboxylic acids is 1. The van der Waals surface area contributed by atoms with Gasteiger partial charge in [-0.05, 0) is 30.3 Å². The summed E-state index contributed by atoms with van der Waals surface area (Å²) in [7, 11) is 1.57. The van der Waals surface area contributed by atoms with Crippen LogP contribution in [0.25, 0.3) is 10.9 Å². The van der Waals surface area contributed by atoms with Gasteiger partial charge in [0.05, 0.1) is 24.2 Å². The molecule has 160 valence electrons. The average molecular weight is 443 g/mol. The molecule has 0 amide bonds. The molecular formula is C22H20ClFN4O3. The molecule has 0 unspecified atom stereocenters. The number of anilines is 2. The Hall–Kier alpha value is -3.39. The number of ether oxygens (including phenoxy) is 2. The molecule has 1 aromatic heterocycles. The van der Waals surface area contributed by atoms with Crippen LogP contribution in [0.2, 0.25) is 5.02 Å². The summed E-state index contributed by atoms with van der Waals surface area (Å²) >= 11 is 5.89.